The zero-order valence-corrected chi connectivity index (χ0v) is 16.8. The monoisotopic (exact) mass is 410 g/mol. The normalized spacial score (nSPS) is 16.7. The molecule has 28 heavy (non-hydrogen) atoms. The van der Waals surface area contributed by atoms with Crippen molar-refractivity contribution in [3.05, 3.63) is 70.8 Å². The maximum absolute atomic E-state index is 10.8. The minimum atomic E-state index is -0.869. The Morgan fingerprint density at radius 3 is 2.79 bits per heavy atom. The molecule has 1 unspecified atom stereocenters. The van der Waals surface area contributed by atoms with Crippen LogP contribution in [0.1, 0.15) is 24.5 Å². The molecule has 0 amide bonds. The molecule has 0 saturated heterocycles. The van der Waals surface area contributed by atoms with E-state index in [1.807, 2.05) is 18.2 Å². The summed E-state index contributed by atoms with van der Waals surface area (Å²) in [5, 5.41) is 10.1. The van der Waals surface area contributed by atoms with Gasteiger partial charge in [-0.05, 0) is 46.7 Å². The highest BCUT2D eigenvalue weighted by Gasteiger charge is 2.20. The number of carboxylic acid groups (broad SMARTS) is 1. The standard InChI is InChI=1S/C22H19ClN2O2S/c1-13-9-15(7-8-16(13)14-5-3-2-4-6-14)17-10-19-20(11-18(17)23)25-22(24-19)28-12-21(26)27/h2-8,10-11,13H,9,12H2,1H3,(H,24,25)(H,26,27). The van der Waals surface area contributed by atoms with Crippen molar-refractivity contribution in [1.29, 1.82) is 0 Å². The maximum Gasteiger partial charge on any atom is 0.313 e. The van der Waals surface area contributed by atoms with Gasteiger partial charge in [-0.25, -0.2) is 4.98 Å². The van der Waals surface area contributed by atoms with Crippen molar-refractivity contribution in [3.63, 3.8) is 0 Å². The fourth-order valence-corrected chi connectivity index (χ4v) is 4.42. The maximum atomic E-state index is 10.8. The molecule has 142 valence electrons. The minimum Gasteiger partial charge on any atom is -0.481 e. The van der Waals surface area contributed by atoms with E-state index >= 15 is 0 Å². The number of halogens is 1. The second kappa shape index (κ2) is 7.86. The highest BCUT2D eigenvalue weighted by Crippen LogP contribution is 2.39. The van der Waals surface area contributed by atoms with Crippen LogP contribution in [0.2, 0.25) is 5.02 Å². The van der Waals surface area contributed by atoms with E-state index in [1.54, 1.807) is 0 Å². The summed E-state index contributed by atoms with van der Waals surface area (Å²) in [5.74, 6) is -0.516. The van der Waals surface area contributed by atoms with E-state index < -0.39 is 5.97 Å². The zero-order valence-electron chi connectivity index (χ0n) is 15.3. The first kappa shape index (κ1) is 18.8. The van der Waals surface area contributed by atoms with Gasteiger partial charge in [0.15, 0.2) is 5.16 Å². The number of aromatic nitrogens is 2. The van der Waals surface area contributed by atoms with Gasteiger partial charge in [-0.2, -0.15) is 0 Å². The molecule has 0 radical (unpaired) electrons. The molecule has 3 aromatic rings. The predicted octanol–water partition coefficient (Wildman–Crippen LogP) is 5.90. The summed E-state index contributed by atoms with van der Waals surface area (Å²) in [6.07, 6.45) is 5.22. The molecular formula is C22H19ClN2O2S. The van der Waals surface area contributed by atoms with E-state index in [2.05, 4.69) is 53.3 Å². The number of benzene rings is 2. The Morgan fingerprint density at radius 2 is 2.07 bits per heavy atom. The molecule has 1 aliphatic rings. The Kier molecular flexibility index (Phi) is 5.29. The third-order valence-corrected chi connectivity index (χ3v) is 6.03. The van der Waals surface area contributed by atoms with Gasteiger partial charge in [-0.1, -0.05) is 72.8 Å². The molecule has 1 heterocycles. The SMILES string of the molecule is CC1CC(c2cc3nc(SCC(=O)O)[nH]c3cc2Cl)=CC=C1c1ccccc1. The summed E-state index contributed by atoms with van der Waals surface area (Å²) in [6, 6.07) is 14.3. The van der Waals surface area contributed by atoms with Crippen LogP contribution in [0.5, 0.6) is 0 Å². The molecule has 1 atom stereocenters. The topological polar surface area (TPSA) is 66.0 Å². The van der Waals surface area contributed by atoms with Crippen LogP contribution in [0, 0.1) is 5.92 Å². The van der Waals surface area contributed by atoms with Crippen molar-refractivity contribution in [2.45, 2.75) is 18.5 Å². The lowest BCUT2D eigenvalue weighted by Crippen LogP contribution is -2.05. The molecule has 0 aliphatic heterocycles. The number of carbonyl (C=O) groups is 1. The van der Waals surface area contributed by atoms with Crippen LogP contribution in [0.4, 0.5) is 0 Å². The number of nitrogens with zero attached hydrogens (tertiary/aromatic N) is 1. The average Bonchev–Trinajstić information content (AvgIpc) is 3.08. The molecule has 0 bridgehead atoms. The Hall–Kier alpha value is -2.50. The number of rotatable bonds is 5. The van der Waals surface area contributed by atoms with Gasteiger partial charge in [0.25, 0.3) is 0 Å². The average molecular weight is 411 g/mol. The number of fused-ring (bicyclic) bond motifs is 1. The van der Waals surface area contributed by atoms with Gasteiger partial charge in [0.2, 0.25) is 0 Å². The number of allylic oxidation sites excluding steroid dienone is 4. The molecule has 1 aliphatic carbocycles. The van der Waals surface area contributed by atoms with Crippen LogP contribution in [-0.2, 0) is 4.79 Å². The molecule has 0 saturated carbocycles. The molecule has 2 aromatic carbocycles. The Bertz CT molecular complexity index is 1100. The van der Waals surface area contributed by atoms with E-state index in [0.29, 0.717) is 16.1 Å². The molecule has 4 rings (SSSR count). The molecule has 0 spiro atoms. The first-order chi connectivity index (χ1) is 13.5. The summed E-state index contributed by atoms with van der Waals surface area (Å²) >= 11 is 7.73. The van der Waals surface area contributed by atoms with Gasteiger partial charge in [0.1, 0.15) is 0 Å². The van der Waals surface area contributed by atoms with Crippen molar-refractivity contribution < 1.29 is 9.90 Å². The zero-order chi connectivity index (χ0) is 19.7. The first-order valence-electron chi connectivity index (χ1n) is 9.01. The van der Waals surface area contributed by atoms with Crippen molar-refractivity contribution >= 4 is 51.5 Å². The summed E-state index contributed by atoms with van der Waals surface area (Å²) in [6.45, 7) is 2.23. The van der Waals surface area contributed by atoms with Crippen molar-refractivity contribution in [1.82, 2.24) is 9.97 Å². The van der Waals surface area contributed by atoms with Crippen LogP contribution in [0.3, 0.4) is 0 Å². The van der Waals surface area contributed by atoms with Crippen molar-refractivity contribution in [2.24, 2.45) is 5.92 Å². The molecule has 6 heteroatoms. The van der Waals surface area contributed by atoms with Crippen LogP contribution in [-0.4, -0.2) is 26.8 Å². The Balaban J connectivity index is 1.67. The number of aliphatic carboxylic acids is 1. The lowest BCUT2D eigenvalue weighted by Gasteiger charge is -2.23. The number of aromatic amines is 1. The third-order valence-electron chi connectivity index (χ3n) is 4.86. The fourth-order valence-electron chi connectivity index (χ4n) is 3.53. The van der Waals surface area contributed by atoms with Gasteiger partial charge in [0.05, 0.1) is 21.8 Å². The van der Waals surface area contributed by atoms with E-state index in [4.69, 9.17) is 16.7 Å². The number of thioether (sulfide) groups is 1. The van der Waals surface area contributed by atoms with E-state index in [1.165, 1.54) is 28.5 Å². The van der Waals surface area contributed by atoms with E-state index in [-0.39, 0.29) is 5.75 Å². The minimum absolute atomic E-state index is 0.0316. The molecule has 1 aromatic heterocycles. The number of carboxylic acids is 1. The van der Waals surface area contributed by atoms with Gasteiger partial charge in [-0.3, -0.25) is 4.79 Å². The predicted molar refractivity (Wildman–Crippen MR) is 116 cm³/mol. The number of hydrogen-bond acceptors (Lipinski definition) is 3. The largest absolute Gasteiger partial charge is 0.481 e. The van der Waals surface area contributed by atoms with E-state index in [0.717, 1.165) is 23.0 Å². The second-order valence-corrected chi connectivity index (χ2v) is 8.23. The quantitative estimate of drug-likeness (QED) is 0.514. The summed E-state index contributed by atoms with van der Waals surface area (Å²) < 4.78 is 0. The summed E-state index contributed by atoms with van der Waals surface area (Å²) in [4.78, 5) is 18.4. The molecular weight excluding hydrogens is 392 g/mol. The van der Waals surface area contributed by atoms with Crippen molar-refractivity contribution in [3.8, 4) is 0 Å². The highest BCUT2D eigenvalue weighted by atomic mass is 35.5. The first-order valence-corrected chi connectivity index (χ1v) is 10.4. The third kappa shape index (κ3) is 3.86. The number of H-pyrrole nitrogens is 1. The van der Waals surface area contributed by atoms with Crippen LogP contribution < -0.4 is 0 Å². The summed E-state index contributed by atoms with van der Waals surface area (Å²) in [7, 11) is 0. The van der Waals surface area contributed by atoms with Gasteiger partial charge in [0, 0.05) is 0 Å². The lowest BCUT2D eigenvalue weighted by molar-refractivity contribution is -0.133. The second-order valence-electron chi connectivity index (χ2n) is 6.86. The van der Waals surface area contributed by atoms with Crippen LogP contribution in [0.15, 0.2) is 59.8 Å². The fraction of sp³-hybridized carbons (Fsp3) is 0.182. The highest BCUT2D eigenvalue weighted by molar-refractivity contribution is 7.99. The molecule has 4 nitrogen and oxygen atoms in total. The summed E-state index contributed by atoms with van der Waals surface area (Å²) in [5.41, 5.74) is 6.34. The van der Waals surface area contributed by atoms with Gasteiger partial charge in [-0.15, -0.1) is 0 Å². The van der Waals surface area contributed by atoms with Gasteiger partial charge >= 0.3 is 5.97 Å². The van der Waals surface area contributed by atoms with Crippen LogP contribution in [0.25, 0.3) is 22.2 Å². The Morgan fingerprint density at radius 1 is 1.29 bits per heavy atom. The number of imidazole rings is 1. The lowest BCUT2D eigenvalue weighted by atomic mass is 9.82. The van der Waals surface area contributed by atoms with Crippen molar-refractivity contribution in [2.75, 3.05) is 5.75 Å². The smallest absolute Gasteiger partial charge is 0.313 e. The molecule has 0 fully saturated rings. The number of hydrogen-bond donors (Lipinski definition) is 2. The number of nitrogens with one attached hydrogen (secondary N) is 1. The molecule has 2 N–H and O–H groups in total. The van der Waals surface area contributed by atoms with Crippen LogP contribution >= 0.6 is 23.4 Å². The van der Waals surface area contributed by atoms with Gasteiger partial charge < -0.3 is 10.1 Å². The Labute approximate surface area is 172 Å². The van der Waals surface area contributed by atoms with E-state index in [9.17, 15) is 4.79 Å².